The van der Waals surface area contributed by atoms with Crippen molar-refractivity contribution >= 4 is 49.5 Å². The molecule has 9 heteroatoms. The molecule has 4 N–H and O–H groups in total. The van der Waals surface area contributed by atoms with Gasteiger partial charge in [-0.05, 0) is 78.2 Å². The highest BCUT2D eigenvalue weighted by Crippen LogP contribution is 2.55. The van der Waals surface area contributed by atoms with Crippen LogP contribution in [0.4, 0.5) is 11.6 Å². The number of hydrogen-bond donors (Lipinski definition) is 2. The van der Waals surface area contributed by atoms with Gasteiger partial charge in [0.2, 0.25) is 0 Å². The molecule has 35 heavy (non-hydrogen) atoms. The van der Waals surface area contributed by atoms with Crippen molar-refractivity contribution in [2.45, 2.75) is 64.1 Å². The Bertz CT molecular complexity index is 1450. The van der Waals surface area contributed by atoms with Gasteiger partial charge >= 0.3 is 0 Å². The van der Waals surface area contributed by atoms with Crippen LogP contribution in [0.3, 0.4) is 0 Å². The maximum Gasteiger partial charge on any atom is 0.163 e. The Morgan fingerprint density at radius 3 is 2.74 bits per heavy atom. The zero-order valence-electron chi connectivity index (χ0n) is 20.0. The molecule has 0 radical (unpaired) electrons. The van der Waals surface area contributed by atoms with Crippen molar-refractivity contribution in [2.24, 2.45) is 5.41 Å². The van der Waals surface area contributed by atoms with E-state index in [0.29, 0.717) is 11.6 Å². The zero-order chi connectivity index (χ0) is 24.5. The van der Waals surface area contributed by atoms with Crippen LogP contribution in [0, 0.1) is 5.41 Å². The summed E-state index contributed by atoms with van der Waals surface area (Å²) in [5, 5.41) is 1.93. The first-order chi connectivity index (χ1) is 16.6. The molecule has 182 valence electrons. The molecule has 4 heterocycles. The van der Waals surface area contributed by atoms with Crippen LogP contribution in [-0.2, 0) is 15.9 Å². The van der Waals surface area contributed by atoms with Gasteiger partial charge in [0.05, 0.1) is 27.5 Å². The maximum absolute atomic E-state index is 6.51. The number of nitrogens with zero attached hydrogens (tertiary/aromatic N) is 4. The lowest BCUT2D eigenvalue weighted by atomic mass is 9.80. The first kappa shape index (κ1) is 22.7. The van der Waals surface area contributed by atoms with E-state index in [1.54, 1.807) is 0 Å². The number of hydrogen-bond acceptors (Lipinski definition) is 7. The number of aryl methyl sites for hydroxylation is 1. The fourth-order valence-electron chi connectivity index (χ4n) is 5.87. The summed E-state index contributed by atoms with van der Waals surface area (Å²) in [6, 6.07) is 10.5. The minimum absolute atomic E-state index is 0.0238. The number of fused-ring (bicyclic) bond motifs is 3. The van der Waals surface area contributed by atoms with E-state index in [4.69, 9.17) is 20.9 Å². The third kappa shape index (κ3) is 3.77. The fourth-order valence-corrected chi connectivity index (χ4v) is 6.20. The number of rotatable bonds is 4. The molecular weight excluding hydrogens is 508 g/mol. The molecule has 1 saturated heterocycles. The summed E-state index contributed by atoms with van der Waals surface area (Å²) in [6.07, 6.45) is 6.26. The first-order valence-corrected chi connectivity index (χ1v) is 12.7. The number of aromatic nitrogens is 4. The second-order valence-corrected chi connectivity index (χ2v) is 11.4. The van der Waals surface area contributed by atoms with Crippen molar-refractivity contribution in [3.63, 3.8) is 0 Å². The minimum Gasteiger partial charge on any atom is -0.383 e. The monoisotopic (exact) mass is 536 g/mol. The predicted octanol–water partition coefficient (Wildman–Crippen LogP) is 5.01. The van der Waals surface area contributed by atoms with Crippen molar-refractivity contribution in [3.8, 4) is 0 Å². The summed E-state index contributed by atoms with van der Waals surface area (Å²) < 4.78 is 16.0. The first-order valence-electron chi connectivity index (χ1n) is 11.9. The maximum atomic E-state index is 6.51. The van der Waals surface area contributed by atoms with Gasteiger partial charge in [0.1, 0.15) is 29.7 Å². The van der Waals surface area contributed by atoms with Gasteiger partial charge in [-0.1, -0.05) is 19.1 Å². The van der Waals surface area contributed by atoms with Crippen LogP contribution in [0.5, 0.6) is 0 Å². The van der Waals surface area contributed by atoms with E-state index in [1.807, 2.05) is 26.0 Å². The van der Waals surface area contributed by atoms with E-state index in [1.165, 1.54) is 11.9 Å². The standard InChI is InChI=1S/C26H29BrN6O2/c1-25(2)34-20-19(33-9-7-16-22(28)30-13-31-24(16)33)12-26(3,21(20)35-25)8-6-14-4-5-15-11-17(27)23(29)32-18(15)10-14/h4-5,7,9-11,13,19-21H,6,8,12H2,1-3H3,(H2,29,32)(H2,28,30,31)/t19-,20+,21+,26+/m1/s1. The topological polar surface area (TPSA) is 114 Å². The van der Waals surface area contributed by atoms with Gasteiger partial charge in [0.25, 0.3) is 0 Å². The minimum atomic E-state index is -0.635. The lowest BCUT2D eigenvalue weighted by Crippen LogP contribution is -2.34. The number of halogens is 1. The molecule has 2 aliphatic rings. The molecule has 0 spiro atoms. The quantitative estimate of drug-likeness (QED) is 0.376. The number of anilines is 2. The number of benzene rings is 1. The lowest BCUT2D eigenvalue weighted by molar-refractivity contribution is -0.168. The average Bonchev–Trinajstić information content (AvgIpc) is 3.45. The summed E-state index contributed by atoms with van der Waals surface area (Å²) in [5.74, 6) is 0.363. The summed E-state index contributed by atoms with van der Waals surface area (Å²) >= 11 is 3.46. The van der Waals surface area contributed by atoms with Crippen molar-refractivity contribution < 1.29 is 9.47 Å². The molecule has 0 unspecified atom stereocenters. The molecule has 6 rings (SSSR count). The molecule has 1 aliphatic heterocycles. The Labute approximate surface area is 212 Å². The summed E-state index contributed by atoms with van der Waals surface area (Å²) in [7, 11) is 0. The van der Waals surface area contributed by atoms with Crippen LogP contribution in [0.1, 0.15) is 45.2 Å². The van der Waals surface area contributed by atoms with Gasteiger partial charge in [-0.25, -0.2) is 15.0 Å². The number of ether oxygens (including phenoxy) is 2. The fraction of sp³-hybridized carbons (Fsp3) is 0.423. The highest BCUT2D eigenvalue weighted by Gasteiger charge is 2.59. The Morgan fingerprint density at radius 2 is 1.91 bits per heavy atom. The van der Waals surface area contributed by atoms with Crippen molar-refractivity contribution in [1.29, 1.82) is 0 Å². The third-order valence-corrected chi connectivity index (χ3v) is 8.25. The predicted molar refractivity (Wildman–Crippen MR) is 140 cm³/mol. The molecule has 4 aromatic rings. The molecular formula is C26H29BrN6O2. The highest BCUT2D eigenvalue weighted by atomic mass is 79.9. The molecule has 1 aliphatic carbocycles. The molecule has 1 aromatic carbocycles. The van der Waals surface area contributed by atoms with Crippen molar-refractivity contribution in [3.05, 3.63) is 52.9 Å². The van der Waals surface area contributed by atoms with Crippen molar-refractivity contribution in [1.82, 2.24) is 19.5 Å². The van der Waals surface area contributed by atoms with Gasteiger partial charge < -0.3 is 25.5 Å². The Morgan fingerprint density at radius 1 is 1.09 bits per heavy atom. The van der Waals surface area contributed by atoms with Crippen LogP contribution < -0.4 is 11.5 Å². The lowest BCUT2D eigenvalue weighted by Gasteiger charge is -2.32. The van der Waals surface area contributed by atoms with Crippen LogP contribution in [-0.4, -0.2) is 37.5 Å². The smallest absolute Gasteiger partial charge is 0.163 e. The second kappa shape index (κ2) is 7.88. The van der Waals surface area contributed by atoms with Crippen molar-refractivity contribution in [2.75, 3.05) is 11.5 Å². The van der Waals surface area contributed by atoms with Gasteiger partial charge in [0.15, 0.2) is 5.79 Å². The van der Waals surface area contributed by atoms with Gasteiger partial charge in [-0.2, -0.15) is 0 Å². The normalized spacial score (nSPS) is 27.6. The molecule has 4 atom stereocenters. The van der Waals surface area contributed by atoms with Gasteiger partial charge in [0, 0.05) is 11.6 Å². The van der Waals surface area contributed by atoms with E-state index in [0.717, 1.165) is 45.7 Å². The van der Waals surface area contributed by atoms with E-state index < -0.39 is 5.79 Å². The Hall–Kier alpha value is -2.75. The zero-order valence-corrected chi connectivity index (χ0v) is 21.6. The molecule has 0 amide bonds. The number of pyridine rings is 1. The molecule has 8 nitrogen and oxygen atoms in total. The Balaban J connectivity index is 1.31. The number of nitrogen functional groups attached to an aromatic ring is 2. The van der Waals surface area contributed by atoms with E-state index in [9.17, 15) is 0 Å². The highest BCUT2D eigenvalue weighted by molar-refractivity contribution is 9.10. The summed E-state index contributed by atoms with van der Waals surface area (Å²) in [6.45, 7) is 6.31. The van der Waals surface area contributed by atoms with Crippen LogP contribution in [0.15, 0.2) is 47.3 Å². The van der Waals surface area contributed by atoms with E-state index in [2.05, 4.69) is 66.8 Å². The molecule has 0 bridgehead atoms. The third-order valence-electron chi connectivity index (χ3n) is 7.62. The van der Waals surface area contributed by atoms with Crippen LogP contribution in [0.2, 0.25) is 0 Å². The SMILES string of the molecule is CC1(C)O[C@H]2[C@H](n3ccc4c(N)ncnc43)C[C@](C)(CCc3ccc4cc(Br)c(N)nc4c3)[C@H]2O1. The largest absolute Gasteiger partial charge is 0.383 e. The Kier molecular flexibility index (Phi) is 5.11. The van der Waals surface area contributed by atoms with Gasteiger partial charge in [-0.3, -0.25) is 0 Å². The van der Waals surface area contributed by atoms with E-state index >= 15 is 0 Å². The summed E-state index contributed by atoms with van der Waals surface area (Å²) in [5.41, 5.74) is 15.0. The average molecular weight is 537 g/mol. The molecule has 3 aromatic heterocycles. The van der Waals surface area contributed by atoms with E-state index in [-0.39, 0.29) is 23.7 Å². The number of nitrogens with two attached hydrogens (primary N) is 2. The summed E-state index contributed by atoms with van der Waals surface area (Å²) in [4.78, 5) is 13.2. The van der Waals surface area contributed by atoms with Crippen LogP contribution in [0.25, 0.3) is 21.9 Å². The second-order valence-electron chi connectivity index (χ2n) is 10.5. The van der Waals surface area contributed by atoms with Gasteiger partial charge in [-0.15, -0.1) is 0 Å². The molecule has 1 saturated carbocycles. The molecule has 2 fully saturated rings. The van der Waals surface area contributed by atoms with Crippen LogP contribution >= 0.6 is 15.9 Å².